The van der Waals surface area contributed by atoms with Gasteiger partial charge in [-0.25, -0.2) is 8.78 Å². The predicted molar refractivity (Wildman–Crippen MR) is 136 cm³/mol. The van der Waals surface area contributed by atoms with Crippen LogP contribution in [0.2, 0.25) is 10.0 Å². The number of nitrogens with two attached hydrogens (primary N) is 1. The Morgan fingerprint density at radius 2 is 1.58 bits per heavy atom. The summed E-state index contributed by atoms with van der Waals surface area (Å²) in [5.41, 5.74) is 2.93. The van der Waals surface area contributed by atoms with Gasteiger partial charge in [-0.2, -0.15) is 13.2 Å². The lowest BCUT2D eigenvalue weighted by atomic mass is 10.0. The fourth-order valence-corrected chi connectivity index (χ4v) is 5.13. The molecular weight excluding hydrogens is 599 g/mol. The van der Waals surface area contributed by atoms with E-state index in [0.717, 1.165) is 24.3 Å². The van der Waals surface area contributed by atoms with Gasteiger partial charge in [-0.1, -0.05) is 29.3 Å². The van der Waals surface area contributed by atoms with Gasteiger partial charge in [0, 0.05) is 11.6 Å². The summed E-state index contributed by atoms with van der Waals surface area (Å²) in [6, 6.07) is 8.74. The third kappa shape index (κ3) is 5.36. The molecule has 1 aliphatic rings. The summed E-state index contributed by atoms with van der Waals surface area (Å²) in [5, 5.41) is 4.12. The van der Waals surface area contributed by atoms with Gasteiger partial charge < -0.3 is 16.4 Å². The number of carbonyl (C=O) groups excluding carboxylic acids is 2. The number of halogens is 9. The summed E-state index contributed by atoms with van der Waals surface area (Å²) in [5.74, 6) is -5.96. The topological polar surface area (TPSA) is 84.2 Å². The van der Waals surface area contributed by atoms with E-state index in [0.29, 0.717) is 0 Å². The van der Waals surface area contributed by atoms with Gasteiger partial charge in [-0.3, -0.25) is 9.59 Å². The van der Waals surface area contributed by atoms with Crippen LogP contribution in [0.4, 0.5) is 39.0 Å². The standard InChI is InChI=1S/C24H14Cl4F5N3O2/c25-13-4-2-10(8-11(13)21(37)36-16-6-5-15(29)20(34)19(16)30)35-22(38)18-17(23(18,27)28)9-1-3-14(26)12(7-9)24(31,32)33/h1-8,17-18H,34H2,(H,35,38)(H,36,37). The van der Waals surface area contributed by atoms with Gasteiger partial charge in [0.2, 0.25) is 5.91 Å². The molecule has 14 heteroatoms. The van der Waals surface area contributed by atoms with E-state index < -0.39 is 67.8 Å². The van der Waals surface area contributed by atoms with E-state index in [2.05, 4.69) is 10.6 Å². The molecule has 1 fully saturated rings. The summed E-state index contributed by atoms with van der Waals surface area (Å²) in [6.07, 6.45) is -4.73. The molecule has 0 bridgehead atoms. The molecule has 0 saturated heterocycles. The molecule has 4 rings (SSSR count). The second kappa shape index (κ2) is 10.1. The van der Waals surface area contributed by atoms with Crippen molar-refractivity contribution in [2.45, 2.75) is 16.4 Å². The number of benzene rings is 3. The maximum atomic E-state index is 14.2. The first kappa shape index (κ1) is 28.2. The zero-order chi connectivity index (χ0) is 28.2. The fourth-order valence-electron chi connectivity index (χ4n) is 3.87. The Balaban J connectivity index is 1.53. The smallest absolute Gasteiger partial charge is 0.394 e. The molecule has 38 heavy (non-hydrogen) atoms. The third-order valence-corrected chi connectivity index (χ3v) is 7.44. The molecule has 2 atom stereocenters. The Labute approximate surface area is 232 Å². The maximum absolute atomic E-state index is 14.2. The average molecular weight is 613 g/mol. The molecule has 0 aliphatic heterocycles. The SMILES string of the molecule is Nc1c(F)ccc(NC(=O)c2cc(NC(=O)C3C(c4ccc(Cl)c(C(F)(F)F)c4)C3(Cl)Cl)ccc2Cl)c1F. The average Bonchev–Trinajstić information content (AvgIpc) is 3.42. The van der Waals surface area contributed by atoms with Crippen LogP contribution in [-0.4, -0.2) is 16.1 Å². The highest BCUT2D eigenvalue weighted by molar-refractivity contribution is 6.53. The van der Waals surface area contributed by atoms with Crippen molar-refractivity contribution >= 4 is 75.3 Å². The van der Waals surface area contributed by atoms with Crippen molar-refractivity contribution in [3.05, 3.63) is 86.9 Å². The van der Waals surface area contributed by atoms with Crippen LogP contribution < -0.4 is 16.4 Å². The number of carbonyl (C=O) groups is 2. The Morgan fingerprint density at radius 3 is 2.24 bits per heavy atom. The van der Waals surface area contributed by atoms with E-state index in [4.69, 9.17) is 52.1 Å². The van der Waals surface area contributed by atoms with E-state index >= 15 is 0 Å². The number of hydrogen-bond acceptors (Lipinski definition) is 3. The zero-order valence-corrected chi connectivity index (χ0v) is 21.6. The number of anilines is 3. The Morgan fingerprint density at radius 1 is 0.921 bits per heavy atom. The van der Waals surface area contributed by atoms with Crippen LogP contribution in [0.5, 0.6) is 0 Å². The summed E-state index contributed by atoms with van der Waals surface area (Å²) in [6.45, 7) is 0. The van der Waals surface area contributed by atoms with Crippen LogP contribution in [0, 0.1) is 17.6 Å². The molecule has 0 heterocycles. The highest BCUT2D eigenvalue weighted by Gasteiger charge is 2.67. The number of rotatable bonds is 5. The molecule has 0 aromatic heterocycles. The van der Waals surface area contributed by atoms with Crippen LogP contribution in [0.25, 0.3) is 0 Å². The van der Waals surface area contributed by atoms with Crippen LogP contribution in [0.3, 0.4) is 0 Å². The van der Waals surface area contributed by atoms with Crippen molar-refractivity contribution in [1.82, 2.24) is 0 Å². The molecule has 2 amide bonds. The second-order valence-corrected chi connectivity index (χ2v) is 10.6. The second-order valence-electron chi connectivity index (χ2n) is 8.33. The monoisotopic (exact) mass is 611 g/mol. The molecule has 4 N–H and O–H groups in total. The molecule has 3 aromatic carbocycles. The molecule has 0 spiro atoms. The molecule has 200 valence electrons. The van der Waals surface area contributed by atoms with Crippen molar-refractivity contribution < 1.29 is 31.5 Å². The summed E-state index contributed by atoms with van der Waals surface area (Å²) in [7, 11) is 0. The van der Waals surface area contributed by atoms with Crippen molar-refractivity contribution in [2.24, 2.45) is 5.92 Å². The minimum Gasteiger partial charge on any atom is -0.394 e. The number of hydrogen-bond donors (Lipinski definition) is 3. The molecule has 0 radical (unpaired) electrons. The predicted octanol–water partition coefficient (Wildman–Crippen LogP) is 7.65. The molecule has 1 aliphatic carbocycles. The lowest BCUT2D eigenvalue weighted by Gasteiger charge is -2.12. The minimum absolute atomic E-state index is 0.0589. The Kier molecular flexibility index (Phi) is 7.48. The molecule has 1 saturated carbocycles. The number of nitrogens with one attached hydrogen (secondary N) is 2. The van der Waals surface area contributed by atoms with E-state index in [1.165, 1.54) is 24.3 Å². The van der Waals surface area contributed by atoms with E-state index in [1.54, 1.807) is 0 Å². The largest absolute Gasteiger partial charge is 0.417 e. The Hall–Kier alpha value is -2.79. The van der Waals surface area contributed by atoms with Gasteiger partial charge in [0.05, 0.1) is 32.8 Å². The van der Waals surface area contributed by atoms with E-state index in [1.807, 2.05) is 0 Å². The van der Waals surface area contributed by atoms with Gasteiger partial charge in [0.1, 0.15) is 15.8 Å². The van der Waals surface area contributed by atoms with Gasteiger partial charge in [-0.15, -0.1) is 23.2 Å². The lowest BCUT2D eigenvalue weighted by molar-refractivity contribution is -0.137. The maximum Gasteiger partial charge on any atom is 0.417 e. The highest BCUT2D eigenvalue weighted by atomic mass is 35.5. The molecule has 3 aromatic rings. The number of amides is 2. The van der Waals surface area contributed by atoms with E-state index in [9.17, 15) is 31.5 Å². The van der Waals surface area contributed by atoms with Gasteiger partial charge in [-0.05, 0) is 48.0 Å². The van der Waals surface area contributed by atoms with Crippen LogP contribution in [-0.2, 0) is 11.0 Å². The van der Waals surface area contributed by atoms with E-state index in [-0.39, 0.29) is 21.8 Å². The summed E-state index contributed by atoms with van der Waals surface area (Å²) in [4.78, 5) is 25.6. The molecular formula is C24H14Cl4F5N3O2. The number of nitrogen functional groups attached to an aromatic ring is 1. The van der Waals surface area contributed by atoms with Gasteiger partial charge >= 0.3 is 6.18 Å². The lowest BCUT2D eigenvalue weighted by Crippen LogP contribution is -2.18. The quantitative estimate of drug-likeness (QED) is 0.157. The first-order valence-electron chi connectivity index (χ1n) is 10.5. The third-order valence-electron chi connectivity index (χ3n) is 5.84. The normalized spacial score (nSPS) is 18.1. The van der Waals surface area contributed by atoms with Crippen LogP contribution >= 0.6 is 46.4 Å². The highest BCUT2D eigenvalue weighted by Crippen LogP contribution is 2.65. The van der Waals surface area contributed by atoms with Crippen LogP contribution in [0.1, 0.15) is 27.4 Å². The van der Waals surface area contributed by atoms with Crippen molar-refractivity contribution in [1.29, 1.82) is 0 Å². The van der Waals surface area contributed by atoms with Gasteiger partial charge in [0.15, 0.2) is 5.82 Å². The minimum atomic E-state index is -4.73. The van der Waals surface area contributed by atoms with Crippen molar-refractivity contribution in [2.75, 3.05) is 16.4 Å². The summed E-state index contributed by atoms with van der Waals surface area (Å²) < 4.78 is 65.7. The van der Waals surface area contributed by atoms with Crippen molar-refractivity contribution in [3.63, 3.8) is 0 Å². The molecule has 2 unspecified atom stereocenters. The first-order chi connectivity index (χ1) is 17.6. The zero-order valence-electron chi connectivity index (χ0n) is 18.6. The number of alkyl halides is 5. The first-order valence-corrected chi connectivity index (χ1v) is 12.0. The van der Waals surface area contributed by atoms with Crippen molar-refractivity contribution in [3.8, 4) is 0 Å². The van der Waals surface area contributed by atoms with Gasteiger partial charge in [0.25, 0.3) is 5.91 Å². The fraction of sp³-hybridized carbons (Fsp3) is 0.167. The molecule has 5 nitrogen and oxygen atoms in total. The summed E-state index contributed by atoms with van der Waals surface area (Å²) >= 11 is 24.2. The van der Waals surface area contributed by atoms with Crippen LogP contribution in [0.15, 0.2) is 48.5 Å². The Bertz CT molecular complexity index is 1470.